The number of carbonyl (C=O) groups excluding carboxylic acids is 1. The van der Waals surface area contributed by atoms with Crippen molar-refractivity contribution in [2.45, 2.75) is 24.7 Å². The van der Waals surface area contributed by atoms with Gasteiger partial charge in [0.15, 0.2) is 23.0 Å². The van der Waals surface area contributed by atoms with Gasteiger partial charge < -0.3 is 43.0 Å². The van der Waals surface area contributed by atoms with Crippen LogP contribution in [0.3, 0.4) is 0 Å². The number of nitrogens with zero attached hydrogens (tertiary/aromatic N) is 2. The van der Waals surface area contributed by atoms with Crippen molar-refractivity contribution >= 4 is 17.7 Å². The molecular weight excluding hydrogens is 734 g/mol. The van der Waals surface area contributed by atoms with Gasteiger partial charge in [0.1, 0.15) is 35.2 Å². The van der Waals surface area contributed by atoms with Crippen LogP contribution in [0.2, 0.25) is 0 Å². The molecule has 0 radical (unpaired) electrons. The van der Waals surface area contributed by atoms with Crippen LogP contribution in [0.4, 0.5) is 13.6 Å². The summed E-state index contributed by atoms with van der Waals surface area (Å²) in [5.41, 5.74) is 0.609. The van der Waals surface area contributed by atoms with Crippen LogP contribution in [0.15, 0.2) is 84.9 Å². The smallest absolute Gasteiger partial charge is 0.409 e. The van der Waals surface area contributed by atoms with Crippen molar-refractivity contribution in [3.05, 3.63) is 108 Å². The van der Waals surface area contributed by atoms with Gasteiger partial charge in [0.25, 0.3) is 0 Å². The molecule has 4 aromatic rings. The Hall–Kier alpha value is -4.94. The molecule has 0 unspecified atom stereocenters. The van der Waals surface area contributed by atoms with Crippen LogP contribution < -0.4 is 28.4 Å². The molecule has 0 aromatic heterocycles. The lowest BCUT2D eigenvalue weighted by Crippen LogP contribution is -2.45. The summed E-state index contributed by atoms with van der Waals surface area (Å²) in [5.74, 6) is -6.97. The zero-order valence-corrected chi connectivity index (χ0v) is 29.8. The molecule has 4 aliphatic heterocycles. The number of carbonyl (C=O) groups is 1. The van der Waals surface area contributed by atoms with Gasteiger partial charge in [-0.1, -0.05) is 24.3 Å². The molecule has 0 aliphatic carbocycles. The number of fused-ring (bicyclic) bond motifs is 2. The average molecular weight is 795 g/mol. The van der Waals surface area contributed by atoms with E-state index in [2.05, 4.69) is 0 Å². The number of alkyl halides is 1. The fraction of sp³-hybridized carbons (Fsp3) is 0.405. The zero-order valence-electron chi connectivity index (χ0n) is 45.0. The average Bonchev–Trinajstić information content (AvgIpc) is 3.72. The van der Waals surface area contributed by atoms with Crippen molar-refractivity contribution in [2.24, 2.45) is 11.8 Å². The first-order chi connectivity index (χ1) is 32.7. The van der Waals surface area contributed by atoms with Crippen LogP contribution in [0, 0.1) is 23.5 Å². The molecular formula is C42H45ClF2N2O8. The maximum Gasteiger partial charge on any atom is 0.409 e. The first-order valence-electron chi connectivity index (χ1n) is 24.9. The lowest BCUT2D eigenvalue weighted by atomic mass is 9.81. The highest BCUT2D eigenvalue weighted by Crippen LogP contribution is 2.39. The Kier molecular flexibility index (Phi) is 7.65. The summed E-state index contributed by atoms with van der Waals surface area (Å²) >= 11 is 5.56. The lowest BCUT2D eigenvalue weighted by molar-refractivity contribution is 0.0717. The van der Waals surface area contributed by atoms with Gasteiger partial charge in [-0.15, -0.1) is 11.6 Å². The third-order valence-electron chi connectivity index (χ3n) is 8.55. The molecule has 292 valence electrons. The fourth-order valence-electron chi connectivity index (χ4n) is 5.76. The molecule has 4 atom stereocenters. The van der Waals surface area contributed by atoms with E-state index < -0.39 is 100 Å². The molecule has 0 bridgehead atoms. The van der Waals surface area contributed by atoms with E-state index >= 15 is 0 Å². The standard InChI is InChI=1S/C22H23ClFNO5.C20H22FNO3/c23-8-10-27-22(26)25-9-7-19(15-1-3-17(24)4-2-15)16(12-25)13-28-18-5-6-20-21(11-18)30-14-29-20;1-22-9-8-18(14-2-4-16(21)5-3-14)15(11-22)12-23-17-6-7-19-20(10-17)25-13-24-19/h1-6,11,16,19H,7-10,12-14H2;2-7,10,15,18H,8-9,11-13H2,1H3/t16-,19-;15-,18-/m00/s1/i9D2,12D2,13D2,14D2;9D2,11D2,12D2,13D2. The van der Waals surface area contributed by atoms with Crippen LogP contribution in [0.5, 0.6) is 34.5 Å². The first kappa shape index (κ1) is 23.2. The molecule has 1 amide bonds. The maximum absolute atomic E-state index is 13.7. The van der Waals surface area contributed by atoms with Gasteiger partial charge in [0.2, 0.25) is 13.5 Å². The highest BCUT2D eigenvalue weighted by molar-refractivity contribution is 6.18. The van der Waals surface area contributed by atoms with E-state index in [1.165, 1.54) is 61.6 Å². The molecule has 55 heavy (non-hydrogen) atoms. The van der Waals surface area contributed by atoms with Crippen molar-refractivity contribution in [1.82, 2.24) is 9.80 Å². The Morgan fingerprint density at radius 2 is 1.24 bits per heavy atom. The minimum Gasteiger partial charge on any atom is -0.493 e. The molecule has 0 N–H and O–H groups in total. The van der Waals surface area contributed by atoms with Crippen molar-refractivity contribution < 1.29 is 68.7 Å². The topological polar surface area (TPSA) is 88.2 Å². The fourth-order valence-corrected chi connectivity index (χ4v) is 5.84. The number of rotatable bonds is 10. The predicted octanol–water partition coefficient (Wildman–Crippen LogP) is 8.08. The van der Waals surface area contributed by atoms with E-state index in [1.54, 1.807) is 0 Å². The normalized spacial score (nSPS) is 31.7. The molecule has 4 aliphatic rings. The van der Waals surface area contributed by atoms with Crippen LogP contribution in [-0.4, -0.2) is 88.0 Å². The molecule has 4 heterocycles. The Balaban J connectivity index is 0.000000211. The summed E-state index contributed by atoms with van der Waals surface area (Å²) in [7, 11) is 1.24. The molecule has 2 fully saturated rings. The Bertz CT molecular complexity index is 2610. The number of hydrogen-bond acceptors (Lipinski definition) is 9. The van der Waals surface area contributed by atoms with Gasteiger partial charge in [0.05, 0.1) is 24.5 Å². The number of halogens is 3. The second-order valence-electron chi connectivity index (χ2n) is 12.2. The molecule has 13 heteroatoms. The second kappa shape index (κ2) is 18.1. The van der Waals surface area contributed by atoms with Gasteiger partial charge in [-0.2, -0.15) is 0 Å². The van der Waals surface area contributed by atoms with Crippen LogP contribution >= 0.6 is 11.6 Å². The minimum absolute atomic E-state index is 0.00323. The number of hydrogen-bond donors (Lipinski definition) is 0. The third kappa shape index (κ3) is 9.84. The van der Waals surface area contributed by atoms with Gasteiger partial charge in [-0.05, 0) is 97.9 Å². The van der Waals surface area contributed by atoms with Crippen LogP contribution in [0.1, 0.15) is 57.7 Å². The van der Waals surface area contributed by atoms with Gasteiger partial charge in [-0.3, -0.25) is 0 Å². The lowest BCUT2D eigenvalue weighted by Gasteiger charge is -2.38. The highest BCUT2D eigenvalue weighted by Gasteiger charge is 2.34. The van der Waals surface area contributed by atoms with Crippen LogP contribution in [0.25, 0.3) is 0 Å². The predicted molar refractivity (Wildman–Crippen MR) is 202 cm³/mol. The van der Waals surface area contributed by atoms with E-state index in [4.69, 9.17) is 66.7 Å². The Morgan fingerprint density at radius 1 is 0.745 bits per heavy atom. The second-order valence-corrected chi connectivity index (χ2v) is 12.6. The molecule has 0 saturated carbocycles. The molecule has 4 aromatic carbocycles. The summed E-state index contributed by atoms with van der Waals surface area (Å²) in [4.78, 5) is 13.8. The van der Waals surface area contributed by atoms with E-state index in [0.717, 1.165) is 35.2 Å². The maximum atomic E-state index is 13.7. The number of amides is 1. The van der Waals surface area contributed by atoms with Crippen molar-refractivity contribution in [3.8, 4) is 34.5 Å². The number of likely N-dealkylation sites (tertiary alicyclic amines) is 2. The zero-order chi connectivity index (χ0) is 52.5. The summed E-state index contributed by atoms with van der Waals surface area (Å²) < 4.78 is 197. The van der Waals surface area contributed by atoms with Crippen molar-refractivity contribution in [2.75, 3.05) is 72.1 Å². The monoisotopic (exact) mass is 794 g/mol. The molecule has 8 rings (SSSR count). The summed E-state index contributed by atoms with van der Waals surface area (Å²) in [5, 5.41) is 0. The molecule has 2 saturated heterocycles. The Morgan fingerprint density at radius 3 is 1.76 bits per heavy atom. The van der Waals surface area contributed by atoms with Crippen molar-refractivity contribution in [1.29, 1.82) is 0 Å². The largest absolute Gasteiger partial charge is 0.493 e. The summed E-state index contributed by atoms with van der Waals surface area (Å²) in [6.07, 6.45) is -2.18. The molecule has 0 spiro atoms. The van der Waals surface area contributed by atoms with E-state index in [9.17, 15) is 13.6 Å². The summed E-state index contributed by atoms with van der Waals surface area (Å²) in [6.45, 7) is -20.9. The van der Waals surface area contributed by atoms with Crippen molar-refractivity contribution in [3.63, 3.8) is 0 Å². The van der Waals surface area contributed by atoms with E-state index in [1.807, 2.05) is 0 Å². The summed E-state index contributed by atoms with van der Waals surface area (Å²) in [6, 6.07) is 17.5. The minimum atomic E-state index is -3.03. The van der Waals surface area contributed by atoms with Gasteiger partial charge in [-0.25, -0.2) is 13.6 Å². The Labute approximate surface area is 347 Å². The first-order valence-corrected chi connectivity index (χ1v) is 17.4. The molecule has 10 nitrogen and oxygen atoms in total. The number of benzene rings is 4. The van der Waals surface area contributed by atoms with E-state index in [-0.39, 0.29) is 63.9 Å². The van der Waals surface area contributed by atoms with E-state index in [0.29, 0.717) is 5.56 Å². The third-order valence-corrected chi connectivity index (χ3v) is 8.70. The quantitative estimate of drug-likeness (QED) is 0.148. The highest BCUT2D eigenvalue weighted by atomic mass is 35.5. The number of piperidine rings is 2. The van der Waals surface area contributed by atoms with Gasteiger partial charge in [0, 0.05) is 54.4 Å². The van der Waals surface area contributed by atoms with Crippen LogP contribution in [-0.2, 0) is 4.74 Å². The SMILES string of the molecule is [2H]C1([2H])Oc2ccc(OC([2H])([2H])[C@H]3[C@H](c4ccc(F)cc4)CC([2H])([2H])N(C(=O)OCCCl)C3([2H])[2H])cc2O1.[2H]C1([2H])Oc2ccc(OC([2H])([2H])[C@H]3[C@H](c4ccc(F)cc4)CC([2H])([2H])N(C)C3([2H])[2H])cc2O1. The number of ether oxygens (including phenoxy) is 7. The van der Waals surface area contributed by atoms with Gasteiger partial charge >= 0.3 is 6.09 Å².